The maximum Gasteiger partial charge on any atom is 0.161 e. The number of methoxy groups -OCH3 is 2. The molecule has 4 atom stereocenters. The van der Waals surface area contributed by atoms with Crippen LogP contribution in [0.1, 0.15) is 31.7 Å². The average Bonchev–Trinajstić information content (AvgIpc) is 2.91. The monoisotopic (exact) mass is 333 g/mol. The number of carbonyl (C=O) groups is 1. The van der Waals surface area contributed by atoms with Gasteiger partial charge >= 0.3 is 0 Å². The van der Waals surface area contributed by atoms with Crippen LogP contribution in [0, 0.1) is 5.92 Å². The van der Waals surface area contributed by atoms with E-state index < -0.39 is 6.10 Å². The topological polar surface area (TPSA) is 59.0 Å². The number of benzene rings is 1. The van der Waals surface area contributed by atoms with Crippen LogP contribution in [0.15, 0.2) is 18.2 Å². The lowest BCUT2D eigenvalue weighted by Crippen LogP contribution is -2.52. The fourth-order valence-corrected chi connectivity index (χ4v) is 4.70. The van der Waals surface area contributed by atoms with Gasteiger partial charge in [0, 0.05) is 17.4 Å². The standard InChI is InChI=1S/C19H27NO4/c1-12(21)14-11-19(7-8-20(2)18(19)10-15(14)22)13-5-6-16(23-3)17(9-13)24-4/h5-6,9,14-15,18,22H,7-8,10-11H2,1-4H3/t14-,15+,18+,19-/m1/s1. The maximum atomic E-state index is 12.1. The number of hydrogen-bond acceptors (Lipinski definition) is 5. The van der Waals surface area contributed by atoms with Gasteiger partial charge < -0.3 is 19.5 Å². The number of aliphatic hydroxyl groups is 1. The van der Waals surface area contributed by atoms with Crippen molar-refractivity contribution in [1.82, 2.24) is 4.90 Å². The molecule has 2 fully saturated rings. The van der Waals surface area contributed by atoms with E-state index >= 15 is 0 Å². The molecule has 1 aromatic rings. The van der Waals surface area contributed by atoms with Crippen LogP contribution in [-0.2, 0) is 10.2 Å². The molecule has 2 aliphatic rings. The van der Waals surface area contributed by atoms with E-state index in [1.807, 2.05) is 12.1 Å². The molecular weight excluding hydrogens is 306 g/mol. The Morgan fingerprint density at radius 2 is 2.00 bits per heavy atom. The first-order chi connectivity index (χ1) is 11.4. The second-order valence-corrected chi connectivity index (χ2v) is 7.20. The minimum absolute atomic E-state index is 0.0790. The van der Waals surface area contributed by atoms with Gasteiger partial charge in [0.05, 0.1) is 20.3 Å². The van der Waals surface area contributed by atoms with Crippen LogP contribution in [0.2, 0.25) is 0 Å². The number of ether oxygens (including phenoxy) is 2. The Kier molecular flexibility index (Phi) is 4.58. The Balaban J connectivity index is 2.06. The van der Waals surface area contributed by atoms with Crippen LogP contribution < -0.4 is 9.47 Å². The highest BCUT2D eigenvalue weighted by molar-refractivity contribution is 5.79. The first kappa shape index (κ1) is 17.2. The smallest absolute Gasteiger partial charge is 0.161 e. The van der Waals surface area contributed by atoms with Crippen molar-refractivity contribution in [2.45, 2.75) is 43.7 Å². The molecule has 1 aliphatic carbocycles. The Morgan fingerprint density at radius 3 is 2.62 bits per heavy atom. The van der Waals surface area contributed by atoms with Gasteiger partial charge in [-0.05, 0) is 57.5 Å². The Bertz CT molecular complexity index is 632. The van der Waals surface area contributed by atoms with Gasteiger partial charge in [-0.2, -0.15) is 0 Å². The van der Waals surface area contributed by atoms with Crippen molar-refractivity contribution in [3.63, 3.8) is 0 Å². The highest BCUT2D eigenvalue weighted by Gasteiger charge is 2.54. The number of nitrogens with zero attached hydrogens (tertiary/aromatic N) is 1. The third-order valence-electron chi connectivity index (χ3n) is 6.07. The van der Waals surface area contributed by atoms with Crippen LogP contribution in [0.4, 0.5) is 0 Å². The average molecular weight is 333 g/mol. The minimum Gasteiger partial charge on any atom is -0.493 e. The lowest BCUT2D eigenvalue weighted by atomic mass is 9.61. The van der Waals surface area contributed by atoms with Crippen molar-refractivity contribution >= 4 is 5.78 Å². The lowest BCUT2D eigenvalue weighted by molar-refractivity contribution is -0.128. The van der Waals surface area contributed by atoms with Gasteiger partial charge in [-0.3, -0.25) is 4.79 Å². The second-order valence-electron chi connectivity index (χ2n) is 7.20. The summed E-state index contributed by atoms with van der Waals surface area (Å²) in [4.78, 5) is 14.4. The number of fused-ring (bicyclic) bond motifs is 1. The van der Waals surface area contributed by atoms with E-state index in [0.717, 1.165) is 13.0 Å². The van der Waals surface area contributed by atoms with Crippen molar-refractivity contribution in [2.24, 2.45) is 5.92 Å². The maximum absolute atomic E-state index is 12.1. The van der Waals surface area contributed by atoms with Crippen molar-refractivity contribution in [3.8, 4) is 11.5 Å². The molecule has 132 valence electrons. The molecule has 1 heterocycles. The molecule has 24 heavy (non-hydrogen) atoms. The van der Waals surface area contributed by atoms with E-state index in [-0.39, 0.29) is 23.2 Å². The van der Waals surface area contributed by atoms with Crippen LogP contribution in [0.25, 0.3) is 0 Å². The first-order valence-corrected chi connectivity index (χ1v) is 8.54. The van der Waals surface area contributed by atoms with Gasteiger partial charge in [-0.15, -0.1) is 0 Å². The molecule has 5 heteroatoms. The summed E-state index contributed by atoms with van der Waals surface area (Å²) in [5.41, 5.74) is 1.05. The van der Waals surface area contributed by atoms with E-state index in [1.54, 1.807) is 21.1 Å². The number of hydrogen-bond donors (Lipinski definition) is 1. The summed E-state index contributed by atoms with van der Waals surface area (Å²) < 4.78 is 10.8. The van der Waals surface area contributed by atoms with E-state index in [4.69, 9.17) is 9.47 Å². The molecule has 0 spiro atoms. The molecule has 1 aromatic carbocycles. The summed E-state index contributed by atoms with van der Waals surface area (Å²) in [6, 6.07) is 6.30. The van der Waals surface area contributed by atoms with Crippen LogP contribution >= 0.6 is 0 Å². The highest BCUT2D eigenvalue weighted by Crippen LogP contribution is 2.51. The third kappa shape index (κ3) is 2.60. The predicted molar refractivity (Wildman–Crippen MR) is 91.7 cm³/mol. The molecule has 0 aromatic heterocycles. The second kappa shape index (κ2) is 6.37. The van der Waals surface area contributed by atoms with Crippen molar-refractivity contribution in [2.75, 3.05) is 27.8 Å². The normalized spacial score (nSPS) is 33.1. The Labute approximate surface area is 143 Å². The molecule has 0 bridgehead atoms. The quantitative estimate of drug-likeness (QED) is 0.913. The van der Waals surface area contributed by atoms with E-state index in [2.05, 4.69) is 18.0 Å². The molecule has 0 amide bonds. The molecule has 3 rings (SSSR count). The number of carbonyl (C=O) groups excluding carboxylic acids is 1. The van der Waals surface area contributed by atoms with E-state index in [1.165, 1.54) is 5.56 Å². The van der Waals surface area contributed by atoms with Crippen molar-refractivity contribution < 1.29 is 19.4 Å². The van der Waals surface area contributed by atoms with Gasteiger partial charge in [-0.1, -0.05) is 6.07 Å². The largest absolute Gasteiger partial charge is 0.493 e. The van der Waals surface area contributed by atoms with Gasteiger partial charge in [0.1, 0.15) is 5.78 Å². The van der Waals surface area contributed by atoms with Crippen LogP contribution in [-0.4, -0.2) is 55.7 Å². The minimum atomic E-state index is -0.554. The fraction of sp³-hybridized carbons (Fsp3) is 0.632. The summed E-state index contributed by atoms with van der Waals surface area (Å²) >= 11 is 0. The molecular formula is C19H27NO4. The van der Waals surface area contributed by atoms with Crippen molar-refractivity contribution in [1.29, 1.82) is 0 Å². The number of likely N-dealkylation sites (tertiary alicyclic amines) is 1. The summed E-state index contributed by atoms with van der Waals surface area (Å²) in [6.45, 7) is 2.56. The van der Waals surface area contributed by atoms with Gasteiger partial charge in [0.2, 0.25) is 0 Å². The number of Topliss-reactive ketones (excluding diaryl/α,β-unsaturated/α-hetero) is 1. The lowest BCUT2D eigenvalue weighted by Gasteiger charge is -2.46. The first-order valence-electron chi connectivity index (χ1n) is 8.54. The molecule has 1 saturated carbocycles. The summed E-state index contributed by atoms with van der Waals surface area (Å²) in [5.74, 6) is 1.21. The summed E-state index contributed by atoms with van der Waals surface area (Å²) in [5, 5.41) is 10.5. The van der Waals surface area contributed by atoms with Gasteiger partial charge in [0.25, 0.3) is 0 Å². The number of aliphatic hydroxyl groups excluding tert-OH is 1. The SMILES string of the molecule is COc1ccc([C@]23CCN(C)[C@H]2C[C@H](O)[C@@H](C(C)=O)C3)cc1OC. The summed E-state index contributed by atoms with van der Waals surface area (Å²) in [7, 11) is 5.37. The fourth-order valence-electron chi connectivity index (χ4n) is 4.70. The van der Waals surface area contributed by atoms with Gasteiger partial charge in [-0.25, -0.2) is 0 Å². The van der Waals surface area contributed by atoms with Crippen LogP contribution in [0.5, 0.6) is 11.5 Å². The van der Waals surface area contributed by atoms with Crippen molar-refractivity contribution in [3.05, 3.63) is 23.8 Å². The Hall–Kier alpha value is -1.59. The Morgan fingerprint density at radius 1 is 1.29 bits per heavy atom. The molecule has 1 N–H and O–H groups in total. The summed E-state index contributed by atoms with van der Waals surface area (Å²) in [6.07, 6.45) is 1.75. The molecule has 0 unspecified atom stereocenters. The van der Waals surface area contributed by atoms with Gasteiger partial charge in [0.15, 0.2) is 11.5 Å². The third-order valence-corrected chi connectivity index (χ3v) is 6.07. The number of likely N-dealkylation sites (N-methyl/N-ethyl adjacent to an activating group) is 1. The zero-order valence-corrected chi connectivity index (χ0v) is 14.9. The highest BCUT2D eigenvalue weighted by atomic mass is 16.5. The number of rotatable bonds is 4. The zero-order chi connectivity index (χ0) is 17.5. The molecule has 0 radical (unpaired) electrons. The predicted octanol–water partition coefficient (Wildman–Crippen LogP) is 2.01. The molecule has 1 saturated heterocycles. The molecule has 5 nitrogen and oxygen atoms in total. The van der Waals surface area contributed by atoms with E-state index in [0.29, 0.717) is 24.3 Å². The molecule has 1 aliphatic heterocycles. The number of ketones is 1. The van der Waals surface area contributed by atoms with Crippen LogP contribution in [0.3, 0.4) is 0 Å². The zero-order valence-electron chi connectivity index (χ0n) is 14.9. The van der Waals surface area contributed by atoms with E-state index in [9.17, 15) is 9.90 Å².